The SMILES string of the molecule is CCOc1ccc(C(C)(C)C)cc1C(CC)CC1OC1C. The summed E-state index contributed by atoms with van der Waals surface area (Å²) in [4.78, 5) is 0. The highest BCUT2D eigenvalue weighted by Gasteiger charge is 2.36. The Morgan fingerprint density at radius 2 is 1.90 bits per heavy atom. The van der Waals surface area contributed by atoms with Gasteiger partial charge >= 0.3 is 0 Å². The molecule has 1 aromatic rings. The molecular formula is C19H30O2. The fraction of sp³-hybridized carbons (Fsp3) is 0.684. The summed E-state index contributed by atoms with van der Waals surface area (Å²) in [6, 6.07) is 6.71. The first-order chi connectivity index (χ1) is 9.86. The van der Waals surface area contributed by atoms with Crippen LogP contribution in [-0.4, -0.2) is 18.8 Å². The van der Waals surface area contributed by atoms with E-state index in [-0.39, 0.29) is 5.41 Å². The van der Waals surface area contributed by atoms with Crippen LogP contribution in [0.5, 0.6) is 5.75 Å². The van der Waals surface area contributed by atoms with Crippen molar-refractivity contribution in [1.29, 1.82) is 0 Å². The average molecular weight is 290 g/mol. The van der Waals surface area contributed by atoms with Gasteiger partial charge in [0.05, 0.1) is 18.8 Å². The molecule has 1 saturated heterocycles. The van der Waals surface area contributed by atoms with Crippen LogP contribution in [0.25, 0.3) is 0 Å². The lowest BCUT2D eigenvalue weighted by atomic mass is 9.82. The van der Waals surface area contributed by atoms with Gasteiger partial charge in [-0.2, -0.15) is 0 Å². The summed E-state index contributed by atoms with van der Waals surface area (Å²) in [5.41, 5.74) is 2.90. The van der Waals surface area contributed by atoms with E-state index in [0.717, 1.165) is 18.6 Å². The van der Waals surface area contributed by atoms with Crippen LogP contribution in [0.2, 0.25) is 0 Å². The number of ether oxygens (including phenoxy) is 2. The third-order valence-corrected chi connectivity index (χ3v) is 4.46. The van der Waals surface area contributed by atoms with Crippen LogP contribution in [0.3, 0.4) is 0 Å². The molecule has 2 nitrogen and oxygen atoms in total. The molecule has 0 N–H and O–H groups in total. The molecule has 2 heteroatoms. The summed E-state index contributed by atoms with van der Waals surface area (Å²) in [5, 5.41) is 0. The fourth-order valence-electron chi connectivity index (χ4n) is 2.89. The zero-order valence-electron chi connectivity index (χ0n) is 14.4. The van der Waals surface area contributed by atoms with E-state index in [1.807, 2.05) is 0 Å². The second kappa shape index (κ2) is 6.39. The first kappa shape index (κ1) is 16.4. The number of epoxide rings is 1. The van der Waals surface area contributed by atoms with Crippen LogP contribution in [0.4, 0.5) is 0 Å². The highest BCUT2D eigenvalue weighted by atomic mass is 16.6. The van der Waals surface area contributed by atoms with Crippen LogP contribution >= 0.6 is 0 Å². The Balaban J connectivity index is 2.31. The van der Waals surface area contributed by atoms with Crippen molar-refractivity contribution in [1.82, 2.24) is 0 Å². The molecule has 0 aromatic heterocycles. The summed E-state index contributed by atoms with van der Waals surface area (Å²) < 4.78 is 11.5. The molecule has 0 aliphatic carbocycles. The Morgan fingerprint density at radius 1 is 1.24 bits per heavy atom. The molecule has 1 fully saturated rings. The van der Waals surface area contributed by atoms with Crippen molar-refractivity contribution in [3.63, 3.8) is 0 Å². The zero-order valence-corrected chi connectivity index (χ0v) is 14.4. The molecule has 0 amide bonds. The van der Waals surface area contributed by atoms with E-state index in [0.29, 0.717) is 24.7 Å². The lowest BCUT2D eigenvalue weighted by molar-refractivity contribution is 0.326. The first-order valence-corrected chi connectivity index (χ1v) is 8.29. The van der Waals surface area contributed by atoms with Crippen molar-refractivity contribution in [3.05, 3.63) is 29.3 Å². The molecule has 1 aliphatic heterocycles. The van der Waals surface area contributed by atoms with Gasteiger partial charge in [0.25, 0.3) is 0 Å². The minimum Gasteiger partial charge on any atom is -0.494 e. The molecular weight excluding hydrogens is 260 g/mol. The van der Waals surface area contributed by atoms with Gasteiger partial charge < -0.3 is 9.47 Å². The maximum absolute atomic E-state index is 5.88. The Hall–Kier alpha value is -1.02. The zero-order chi connectivity index (χ0) is 15.6. The third kappa shape index (κ3) is 4.00. The lowest BCUT2D eigenvalue weighted by Gasteiger charge is -2.24. The summed E-state index contributed by atoms with van der Waals surface area (Å²) in [6.07, 6.45) is 3.09. The number of rotatable bonds is 6. The Labute approximate surface area is 129 Å². The quantitative estimate of drug-likeness (QED) is 0.683. The molecule has 1 aliphatic rings. The van der Waals surface area contributed by atoms with Gasteiger partial charge in [-0.15, -0.1) is 0 Å². The van der Waals surface area contributed by atoms with Gasteiger partial charge in [0.2, 0.25) is 0 Å². The maximum atomic E-state index is 5.88. The van der Waals surface area contributed by atoms with E-state index in [1.54, 1.807) is 0 Å². The highest BCUT2D eigenvalue weighted by Crippen LogP contribution is 2.39. The molecule has 0 bridgehead atoms. The standard InChI is InChI=1S/C19H30O2/c1-7-14(11-18-13(3)21-18)16-12-15(19(4,5)6)9-10-17(16)20-8-2/h9-10,12-14,18H,7-8,11H2,1-6H3. The van der Waals surface area contributed by atoms with Crippen molar-refractivity contribution < 1.29 is 9.47 Å². The summed E-state index contributed by atoms with van der Waals surface area (Å²) in [5.74, 6) is 1.56. The fourth-order valence-corrected chi connectivity index (χ4v) is 2.89. The predicted molar refractivity (Wildman–Crippen MR) is 88.3 cm³/mol. The van der Waals surface area contributed by atoms with E-state index in [1.165, 1.54) is 11.1 Å². The molecule has 0 radical (unpaired) electrons. The van der Waals surface area contributed by atoms with Gasteiger partial charge in [-0.05, 0) is 55.2 Å². The minimum absolute atomic E-state index is 0.168. The van der Waals surface area contributed by atoms with E-state index >= 15 is 0 Å². The van der Waals surface area contributed by atoms with Crippen LogP contribution in [0, 0.1) is 0 Å². The smallest absolute Gasteiger partial charge is 0.122 e. The first-order valence-electron chi connectivity index (χ1n) is 8.29. The van der Waals surface area contributed by atoms with E-state index < -0.39 is 0 Å². The maximum Gasteiger partial charge on any atom is 0.122 e. The highest BCUT2D eigenvalue weighted by molar-refractivity contribution is 5.42. The minimum atomic E-state index is 0.168. The third-order valence-electron chi connectivity index (χ3n) is 4.46. The predicted octanol–water partition coefficient (Wildman–Crippen LogP) is 5.05. The van der Waals surface area contributed by atoms with Crippen LogP contribution in [0.15, 0.2) is 18.2 Å². The van der Waals surface area contributed by atoms with Crippen molar-refractivity contribution in [2.75, 3.05) is 6.61 Å². The van der Waals surface area contributed by atoms with E-state index in [4.69, 9.17) is 9.47 Å². The Morgan fingerprint density at radius 3 is 2.38 bits per heavy atom. The lowest BCUT2D eigenvalue weighted by Crippen LogP contribution is -2.13. The normalized spacial score (nSPS) is 23.0. The molecule has 0 saturated carbocycles. The molecule has 2 rings (SSSR count). The van der Waals surface area contributed by atoms with E-state index in [2.05, 4.69) is 59.7 Å². The molecule has 118 valence electrons. The van der Waals surface area contributed by atoms with Gasteiger partial charge in [0.1, 0.15) is 5.75 Å². The van der Waals surface area contributed by atoms with Gasteiger partial charge in [-0.3, -0.25) is 0 Å². The van der Waals surface area contributed by atoms with Crippen molar-refractivity contribution in [2.24, 2.45) is 0 Å². The van der Waals surface area contributed by atoms with Gasteiger partial charge in [0, 0.05) is 0 Å². The molecule has 1 heterocycles. The number of benzene rings is 1. The van der Waals surface area contributed by atoms with Crippen molar-refractivity contribution >= 4 is 0 Å². The molecule has 3 atom stereocenters. The van der Waals surface area contributed by atoms with Crippen molar-refractivity contribution in [2.45, 2.75) is 77.9 Å². The van der Waals surface area contributed by atoms with Crippen LogP contribution in [-0.2, 0) is 10.2 Å². The molecule has 3 unspecified atom stereocenters. The molecule has 21 heavy (non-hydrogen) atoms. The van der Waals surface area contributed by atoms with Crippen LogP contribution < -0.4 is 4.74 Å². The second-order valence-corrected chi connectivity index (χ2v) is 7.16. The monoisotopic (exact) mass is 290 g/mol. The van der Waals surface area contributed by atoms with Gasteiger partial charge in [-0.25, -0.2) is 0 Å². The summed E-state index contributed by atoms with van der Waals surface area (Å²) in [6.45, 7) is 14.0. The average Bonchev–Trinajstić information content (AvgIpc) is 3.11. The number of hydrogen-bond acceptors (Lipinski definition) is 2. The molecule has 1 aromatic carbocycles. The Bertz CT molecular complexity index is 473. The topological polar surface area (TPSA) is 21.8 Å². The van der Waals surface area contributed by atoms with Crippen LogP contribution in [0.1, 0.15) is 71.4 Å². The summed E-state index contributed by atoms with van der Waals surface area (Å²) >= 11 is 0. The van der Waals surface area contributed by atoms with Gasteiger partial charge in [-0.1, -0.05) is 39.8 Å². The number of hydrogen-bond donors (Lipinski definition) is 0. The molecule has 0 spiro atoms. The van der Waals surface area contributed by atoms with E-state index in [9.17, 15) is 0 Å². The van der Waals surface area contributed by atoms with Gasteiger partial charge in [0.15, 0.2) is 0 Å². The Kier molecular flexibility index (Phi) is 4.98. The van der Waals surface area contributed by atoms with Crippen molar-refractivity contribution in [3.8, 4) is 5.75 Å². The largest absolute Gasteiger partial charge is 0.494 e. The summed E-state index contributed by atoms with van der Waals surface area (Å²) in [7, 11) is 0. The second-order valence-electron chi connectivity index (χ2n) is 7.16.